The van der Waals surface area contributed by atoms with Crippen molar-refractivity contribution in [3.8, 4) is 11.5 Å². The monoisotopic (exact) mass is 364 g/mol. The summed E-state index contributed by atoms with van der Waals surface area (Å²) in [5, 5.41) is 13.9. The average Bonchev–Trinajstić information content (AvgIpc) is 2.68. The van der Waals surface area contributed by atoms with Crippen molar-refractivity contribution in [1.29, 1.82) is 0 Å². The molecule has 0 aliphatic heterocycles. The number of aryl methyl sites for hydroxylation is 1. The van der Waals surface area contributed by atoms with Crippen LogP contribution in [0.5, 0.6) is 11.5 Å². The minimum absolute atomic E-state index is 0.161. The number of hydrogen-bond donors (Lipinski definition) is 2. The number of amides is 1. The Morgan fingerprint density at radius 2 is 1.70 bits per heavy atom. The number of nitrogens with zero attached hydrogens (tertiary/aromatic N) is 2. The Morgan fingerprint density at radius 1 is 0.963 bits per heavy atom. The van der Waals surface area contributed by atoms with E-state index < -0.39 is 0 Å². The van der Waals surface area contributed by atoms with Gasteiger partial charge in [-0.25, -0.2) is 0 Å². The van der Waals surface area contributed by atoms with Gasteiger partial charge in [0.2, 0.25) is 0 Å². The molecular formula is C20H20N4O3. The van der Waals surface area contributed by atoms with E-state index in [1.165, 1.54) is 0 Å². The van der Waals surface area contributed by atoms with Crippen molar-refractivity contribution in [2.45, 2.75) is 6.92 Å². The van der Waals surface area contributed by atoms with Crippen molar-refractivity contribution in [3.05, 3.63) is 66.2 Å². The molecular weight excluding hydrogens is 344 g/mol. The van der Waals surface area contributed by atoms with Gasteiger partial charge in [0, 0.05) is 5.69 Å². The summed E-state index contributed by atoms with van der Waals surface area (Å²) >= 11 is 0. The van der Waals surface area contributed by atoms with Gasteiger partial charge in [-0.15, -0.1) is 10.2 Å². The van der Waals surface area contributed by atoms with Gasteiger partial charge in [0.05, 0.1) is 7.11 Å². The molecule has 7 nitrogen and oxygen atoms in total. The van der Waals surface area contributed by atoms with Crippen LogP contribution in [0.1, 0.15) is 5.56 Å². The van der Waals surface area contributed by atoms with Crippen molar-refractivity contribution >= 4 is 23.2 Å². The van der Waals surface area contributed by atoms with Crippen molar-refractivity contribution in [2.75, 3.05) is 24.4 Å². The summed E-state index contributed by atoms with van der Waals surface area (Å²) in [5.41, 5.74) is 2.07. The van der Waals surface area contributed by atoms with E-state index in [1.807, 2.05) is 37.3 Å². The molecule has 0 fully saturated rings. The molecule has 3 rings (SSSR count). The Hall–Kier alpha value is -3.61. The van der Waals surface area contributed by atoms with Crippen molar-refractivity contribution in [1.82, 2.24) is 10.2 Å². The van der Waals surface area contributed by atoms with Crippen LogP contribution in [0.3, 0.4) is 0 Å². The third-order valence-electron chi connectivity index (χ3n) is 3.65. The van der Waals surface area contributed by atoms with E-state index in [4.69, 9.17) is 9.47 Å². The highest BCUT2D eigenvalue weighted by Gasteiger charge is 2.08. The van der Waals surface area contributed by atoms with Crippen LogP contribution in [0, 0.1) is 6.92 Å². The fourth-order valence-electron chi connectivity index (χ4n) is 2.40. The van der Waals surface area contributed by atoms with Crippen LogP contribution in [0.2, 0.25) is 0 Å². The van der Waals surface area contributed by atoms with Gasteiger partial charge in [0.15, 0.2) is 29.7 Å². The second-order valence-electron chi connectivity index (χ2n) is 5.79. The number of ether oxygens (including phenoxy) is 2. The number of aromatic nitrogens is 2. The summed E-state index contributed by atoms with van der Waals surface area (Å²) in [5.74, 6) is 1.66. The van der Waals surface area contributed by atoms with Gasteiger partial charge < -0.3 is 20.1 Å². The van der Waals surface area contributed by atoms with E-state index in [0.717, 1.165) is 11.3 Å². The second-order valence-corrected chi connectivity index (χ2v) is 5.79. The third-order valence-corrected chi connectivity index (χ3v) is 3.65. The predicted molar refractivity (Wildman–Crippen MR) is 104 cm³/mol. The van der Waals surface area contributed by atoms with E-state index in [1.54, 1.807) is 37.4 Å². The second kappa shape index (κ2) is 8.66. The highest BCUT2D eigenvalue weighted by Crippen LogP contribution is 2.25. The summed E-state index contributed by atoms with van der Waals surface area (Å²) in [6.45, 7) is 1.86. The van der Waals surface area contributed by atoms with E-state index in [-0.39, 0.29) is 12.5 Å². The fourth-order valence-corrected chi connectivity index (χ4v) is 2.40. The molecule has 138 valence electrons. The molecule has 0 unspecified atom stereocenters. The standard InChI is InChI=1S/C20H20N4O3/c1-14-6-5-7-15(12-14)21-18-10-11-19(24-23-18)22-20(25)13-27-17-9-4-3-8-16(17)26-2/h3-12H,13H2,1-2H3,(H,21,23)(H,22,24,25). The van der Waals surface area contributed by atoms with Crippen molar-refractivity contribution < 1.29 is 14.3 Å². The lowest BCUT2D eigenvalue weighted by Crippen LogP contribution is -2.21. The Balaban J connectivity index is 1.54. The largest absolute Gasteiger partial charge is 0.493 e. The molecule has 1 amide bonds. The molecule has 0 radical (unpaired) electrons. The molecule has 1 aromatic heterocycles. The number of carbonyl (C=O) groups is 1. The molecule has 1 heterocycles. The van der Waals surface area contributed by atoms with E-state index in [9.17, 15) is 4.79 Å². The minimum atomic E-state index is -0.338. The number of para-hydroxylation sites is 2. The van der Waals surface area contributed by atoms with Gasteiger partial charge in [-0.05, 0) is 48.9 Å². The molecule has 0 aliphatic carbocycles. The minimum Gasteiger partial charge on any atom is -0.493 e. The van der Waals surface area contributed by atoms with E-state index >= 15 is 0 Å². The average molecular weight is 364 g/mol. The maximum Gasteiger partial charge on any atom is 0.263 e. The van der Waals surface area contributed by atoms with Crippen LogP contribution in [0.4, 0.5) is 17.3 Å². The molecule has 7 heteroatoms. The SMILES string of the molecule is COc1ccccc1OCC(=O)Nc1ccc(Nc2cccc(C)c2)nn1. The predicted octanol–water partition coefficient (Wildman–Crippen LogP) is 3.55. The Bertz CT molecular complexity index is 913. The van der Waals surface area contributed by atoms with Crippen LogP contribution in [-0.2, 0) is 4.79 Å². The van der Waals surface area contributed by atoms with Gasteiger partial charge in [-0.3, -0.25) is 4.79 Å². The molecule has 2 aromatic carbocycles. The topological polar surface area (TPSA) is 85.4 Å². The smallest absolute Gasteiger partial charge is 0.263 e. The van der Waals surface area contributed by atoms with Crippen molar-refractivity contribution in [2.24, 2.45) is 0 Å². The lowest BCUT2D eigenvalue weighted by atomic mass is 10.2. The highest BCUT2D eigenvalue weighted by molar-refractivity contribution is 5.91. The van der Waals surface area contributed by atoms with Gasteiger partial charge in [-0.1, -0.05) is 24.3 Å². The van der Waals surface area contributed by atoms with Gasteiger partial charge in [-0.2, -0.15) is 0 Å². The fraction of sp³-hybridized carbons (Fsp3) is 0.150. The number of carbonyl (C=O) groups excluding carboxylic acids is 1. The number of anilines is 3. The first-order chi connectivity index (χ1) is 13.1. The molecule has 0 aliphatic rings. The third kappa shape index (κ3) is 5.18. The number of hydrogen-bond acceptors (Lipinski definition) is 6. The molecule has 0 atom stereocenters. The van der Waals surface area contributed by atoms with Gasteiger partial charge in [0.25, 0.3) is 5.91 Å². The van der Waals surface area contributed by atoms with E-state index in [0.29, 0.717) is 23.1 Å². The van der Waals surface area contributed by atoms with Crippen LogP contribution in [-0.4, -0.2) is 29.8 Å². The maximum atomic E-state index is 12.0. The Kier molecular flexibility index (Phi) is 5.84. The lowest BCUT2D eigenvalue weighted by molar-refractivity contribution is -0.118. The molecule has 3 aromatic rings. The number of nitrogens with one attached hydrogen (secondary N) is 2. The van der Waals surface area contributed by atoms with Crippen LogP contribution >= 0.6 is 0 Å². The number of methoxy groups -OCH3 is 1. The normalized spacial score (nSPS) is 10.1. The molecule has 2 N–H and O–H groups in total. The summed E-state index contributed by atoms with van der Waals surface area (Å²) < 4.78 is 10.7. The molecule has 0 spiro atoms. The number of rotatable bonds is 7. The quantitative estimate of drug-likeness (QED) is 0.667. The summed E-state index contributed by atoms with van der Waals surface area (Å²) in [6, 6.07) is 18.5. The molecule has 0 saturated heterocycles. The highest BCUT2D eigenvalue weighted by atomic mass is 16.5. The van der Waals surface area contributed by atoms with Crippen LogP contribution < -0.4 is 20.1 Å². The van der Waals surface area contributed by atoms with E-state index in [2.05, 4.69) is 20.8 Å². The first-order valence-corrected chi connectivity index (χ1v) is 8.37. The zero-order valence-electron chi connectivity index (χ0n) is 15.1. The van der Waals surface area contributed by atoms with Crippen LogP contribution in [0.25, 0.3) is 0 Å². The Morgan fingerprint density at radius 3 is 2.41 bits per heavy atom. The zero-order valence-corrected chi connectivity index (χ0v) is 15.1. The number of benzene rings is 2. The molecule has 0 saturated carbocycles. The van der Waals surface area contributed by atoms with Gasteiger partial charge >= 0.3 is 0 Å². The van der Waals surface area contributed by atoms with Gasteiger partial charge in [0.1, 0.15) is 0 Å². The lowest BCUT2D eigenvalue weighted by Gasteiger charge is -2.10. The molecule has 27 heavy (non-hydrogen) atoms. The maximum absolute atomic E-state index is 12.0. The Labute approximate surface area is 157 Å². The van der Waals surface area contributed by atoms with Crippen molar-refractivity contribution in [3.63, 3.8) is 0 Å². The summed E-state index contributed by atoms with van der Waals surface area (Å²) in [7, 11) is 1.55. The van der Waals surface area contributed by atoms with Crippen LogP contribution in [0.15, 0.2) is 60.7 Å². The zero-order chi connectivity index (χ0) is 19.1. The molecule has 0 bridgehead atoms. The first-order valence-electron chi connectivity index (χ1n) is 8.37. The summed E-state index contributed by atoms with van der Waals surface area (Å²) in [6.07, 6.45) is 0. The summed E-state index contributed by atoms with van der Waals surface area (Å²) in [4.78, 5) is 12.0. The first kappa shape index (κ1) is 18.2.